The average molecular weight is 316 g/mol. The van der Waals surface area contributed by atoms with E-state index in [0.29, 0.717) is 5.69 Å². The number of carboxylic acid groups (broad SMARTS) is 1. The number of amides is 1. The van der Waals surface area contributed by atoms with E-state index in [1.54, 1.807) is 19.9 Å². The molecule has 0 saturated carbocycles. The minimum Gasteiger partial charge on any atom is -0.481 e. The molecule has 1 saturated heterocycles. The standard InChI is InChI=1S/C14H15F3N2O3/c1-8-5-9(2)18-10(6-8)11(20)19-4-3-13(7-19,12(21)22)14(15,16)17/h5-6H,3-4,7H2,1-2H3,(H,21,22). The predicted molar refractivity (Wildman–Crippen MR) is 70.4 cm³/mol. The Labute approximate surface area is 124 Å². The van der Waals surface area contributed by atoms with E-state index in [2.05, 4.69) is 4.98 Å². The van der Waals surface area contributed by atoms with Gasteiger partial charge in [-0.25, -0.2) is 4.98 Å². The van der Waals surface area contributed by atoms with Crippen LogP contribution in [0.3, 0.4) is 0 Å². The Balaban J connectivity index is 2.29. The topological polar surface area (TPSA) is 70.5 Å². The molecule has 1 atom stereocenters. The molecule has 2 heterocycles. The van der Waals surface area contributed by atoms with Crippen LogP contribution < -0.4 is 0 Å². The fraction of sp³-hybridized carbons (Fsp3) is 0.500. The summed E-state index contributed by atoms with van der Waals surface area (Å²) in [4.78, 5) is 28.3. The van der Waals surface area contributed by atoms with Crippen molar-refractivity contribution in [3.05, 3.63) is 29.1 Å². The summed E-state index contributed by atoms with van der Waals surface area (Å²) in [6.07, 6.45) is -5.56. The van der Waals surface area contributed by atoms with Crippen molar-refractivity contribution in [1.82, 2.24) is 9.88 Å². The Morgan fingerprint density at radius 2 is 1.95 bits per heavy atom. The van der Waals surface area contributed by atoms with Gasteiger partial charge in [-0.1, -0.05) is 0 Å². The van der Waals surface area contributed by atoms with E-state index in [4.69, 9.17) is 5.11 Å². The number of aryl methyl sites for hydroxylation is 2. The molecule has 1 aliphatic heterocycles. The summed E-state index contributed by atoms with van der Waals surface area (Å²) in [5.41, 5.74) is -1.54. The monoisotopic (exact) mass is 316 g/mol. The average Bonchev–Trinajstić information content (AvgIpc) is 2.82. The molecule has 1 N–H and O–H groups in total. The number of carbonyl (C=O) groups excluding carboxylic acids is 1. The highest BCUT2D eigenvalue weighted by Gasteiger charge is 2.64. The molecule has 0 aromatic carbocycles. The van der Waals surface area contributed by atoms with E-state index < -0.39 is 36.4 Å². The van der Waals surface area contributed by atoms with Crippen molar-refractivity contribution in [1.29, 1.82) is 0 Å². The number of nitrogens with zero attached hydrogens (tertiary/aromatic N) is 2. The third-order valence-electron chi connectivity index (χ3n) is 3.83. The van der Waals surface area contributed by atoms with Crippen molar-refractivity contribution in [3.63, 3.8) is 0 Å². The van der Waals surface area contributed by atoms with E-state index in [1.807, 2.05) is 0 Å². The van der Waals surface area contributed by atoms with Gasteiger partial charge in [-0.2, -0.15) is 13.2 Å². The van der Waals surface area contributed by atoms with Crippen molar-refractivity contribution >= 4 is 11.9 Å². The number of aromatic nitrogens is 1. The summed E-state index contributed by atoms with van der Waals surface area (Å²) in [5, 5.41) is 8.98. The van der Waals surface area contributed by atoms with Gasteiger partial charge in [0.15, 0.2) is 5.41 Å². The van der Waals surface area contributed by atoms with Crippen LogP contribution in [0, 0.1) is 19.3 Å². The number of pyridine rings is 1. The first-order chi connectivity index (χ1) is 10.1. The van der Waals surface area contributed by atoms with Crippen LogP contribution >= 0.6 is 0 Å². The number of likely N-dealkylation sites (tertiary alicyclic amines) is 1. The SMILES string of the molecule is Cc1cc(C)nc(C(=O)N2CCC(C(=O)O)(C(F)(F)F)C2)c1. The third-order valence-corrected chi connectivity index (χ3v) is 3.83. The summed E-state index contributed by atoms with van der Waals surface area (Å²) >= 11 is 0. The second-order valence-electron chi connectivity index (χ2n) is 5.53. The molecule has 2 rings (SSSR count). The Morgan fingerprint density at radius 3 is 2.41 bits per heavy atom. The van der Waals surface area contributed by atoms with Crippen LogP contribution in [0.2, 0.25) is 0 Å². The highest BCUT2D eigenvalue weighted by molar-refractivity contribution is 5.93. The first-order valence-corrected chi connectivity index (χ1v) is 6.61. The van der Waals surface area contributed by atoms with Crippen LogP contribution in [0.1, 0.15) is 28.2 Å². The summed E-state index contributed by atoms with van der Waals surface area (Å²) in [6.45, 7) is 2.26. The van der Waals surface area contributed by atoms with Gasteiger partial charge < -0.3 is 10.0 Å². The van der Waals surface area contributed by atoms with Crippen LogP contribution in [0.5, 0.6) is 0 Å². The maximum absolute atomic E-state index is 13.1. The first-order valence-electron chi connectivity index (χ1n) is 6.61. The van der Waals surface area contributed by atoms with Crippen molar-refractivity contribution < 1.29 is 27.9 Å². The Bertz CT molecular complexity index is 610. The van der Waals surface area contributed by atoms with E-state index in [9.17, 15) is 22.8 Å². The van der Waals surface area contributed by atoms with Gasteiger partial charge in [-0.15, -0.1) is 0 Å². The smallest absolute Gasteiger partial charge is 0.406 e. The molecule has 1 aromatic heterocycles. The van der Waals surface area contributed by atoms with Gasteiger partial charge in [0.2, 0.25) is 0 Å². The largest absolute Gasteiger partial charge is 0.481 e. The molecular weight excluding hydrogens is 301 g/mol. The number of halogens is 3. The fourth-order valence-electron chi connectivity index (χ4n) is 2.62. The Kier molecular flexibility index (Phi) is 3.88. The highest BCUT2D eigenvalue weighted by atomic mass is 19.4. The number of rotatable bonds is 2. The molecule has 120 valence electrons. The summed E-state index contributed by atoms with van der Waals surface area (Å²) in [6, 6.07) is 3.21. The lowest BCUT2D eigenvalue weighted by Crippen LogP contribution is -2.47. The zero-order chi connectivity index (χ0) is 16.7. The summed E-state index contributed by atoms with van der Waals surface area (Å²) in [5.74, 6) is -2.64. The van der Waals surface area contributed by atoms with Gasteiger partial charge in [-0.05, 0) is 38.0 Å². The van der Waals surface area contributed by atoms with E-state index in [0.717, 1.165) is 10.5 Å². The molecule has 1 aromatic rings. The van der Waals surface area contributed by atoms with Gasteiger partial charge in [-0.3, -0.25) is 9.59 Å². The minimum atomic E-state index is -4.91. The first kappa shape index (κ1) is 16.3. The number of hydrogen-bond acceptors (Lipinski definition) is 3. The number of carbonyl (C=O) groups is 2. The van der Waals surface area contributed by atoms with Crippen molar-refractivity contribution in [2.24, 2.45) is 5.41 Å². The van der Waals surface area contributed by atoms with Gasteiger partial charge in [0.1, 0.15) is 5.69 Å². The Hall–Kier alpha value is -2.12. The van der Waals surface area contributed by atoms with Crippen LogP contribution in [0.15, 0.2) is 12.1 Å². The van der Waals surface area contributed by atoms with Gasteiger partial charge in [0.25, 0.3) is 5.91 Å². The zero-order valence-electron chi connectivity index (χ0n) is 12.1. The van der Waals surface area contributed by atoms with Crippen molar-refractivity contribution in [2.45, 2.75) is 26.4 Å². The fourth-order valence-corrected chi connectivity index (χ4v) is 2.62. The molecule has 5 nitrogen and oxygen atoms in total. The molecule has 0 radical (unpaired) electrons. The number of hydrogen-bond donors (Lipinski definition) is 1. The summed E-state index contributed by atoms with van der Waals surface area (Å²) < 4.78 is 39.3. The van der Waals surface area contributed by atoms with Crippen LogP contribution in [0.4, 0.5) is 13.2 Å². The second-order valence-corrected chi connectivity index (χ2v) is 5.53. The van der Waals surface area contributed by atoms with Crippen molar-refractivity contribution in [3.8, 4) is 0 Å². The second kappa shape index (κ2) is 5.26. The molecule has 1 aliphatic rings. The van der Waals surface area contributed by atoms with Gasteiger partial charge >= 0.3 is 12.1 Å². The molecule has 22 heavy (non-hydrogen) atoms. The Morgan fingerprint density at radius 1 is 1.32 bits per heavy atom. The van der Waals surface area contributed by atoms with Crippen LogP contribution in [0.25, 0.3) is 0 Å². The van der Waals surface area contributed by atoms with Gasteiger partial charge in [0, 0.05) is 18.8 Å². The quantitative estimate of drug-likeness (QED) is 0.908. The zero-order valence-corrected chi connectivity index (χ0v) is 12.1. The molecular formula is C14H15F3N2O3. The van der Waals surface area contributed by atoms with E-state index in [1.165, 1.54) is 6.07 Å². The lowest BCUT2D eigenvalue weighted by atomic mass is 9.86. The number of alkyl halides is 3. The van der Waals surface area contributed by atoms with Gasteiger partial charge in [0.05, 0.1) is 0 Å². The molecule has 0 spiro atoms. The molecule has 0 aliphatic carbocycles. The number of aliphatic carboxylic acids is 1. The van der Waals surface area contributed by atoms with Crippen LogP contribution in [-0.2, 0) is 4.79 Å². The molecule has 0 bridgehead atoms. The molecule has 1 fully saturated rings. The lowest BCUT2D eigenvalue weighted by molar-refractivity contribution is -0.227. The minimum absolute atomic E-state index is 0.0286. The maximum Gasteiger partial charge on any atom is 0.406 e. The molecule has 1 amide bonds. The summed E-state index contributed by atoms with van der Waals surface area (Å²) in [7, 11) is 0. The number of carboxylic acids is 1. The normalized spacial score (nSPS) is 22.0. The van der Waals surface area contributed by atoms with E-state index in [-0.39, 0.29) is 12.2 Å². The molecule has 8 heteroatoms. The predicted octanol–water partition coefficient (Wildman–Crippen LogP) is 2.18. The highest BCUT2D eigenvalue weighted by Crippen LogP contribution is 2.45. The lowest BCUT2D eigenvalue weighted by Gasteiger charge is -2.27. The molecule has 1 unspecified atom stereocenters. The van der Waals surface area contributed by atoms with Crippen LogP contribution in [-0.4, -0.2) is 46.1 Å². The van der Waals surface area contributed by atoms with E-state index >= 15 is 0 Å². The third kappa shape index (κ3) is 2.65. The van der Waals surface area contributed by atoms with Crippen molar-refractivity contribution in [2.75, 3.05) is 13.1 Å². The maximum atomic E-state index is 13.1.